The van der Waals surface area contributed by atoms with Crippen LogP contribution in [0.4, 0.5) is 0 Å². The normalized spacial score (nSPS) is 27.0. The first kappa shape index (κ1) is 16.0. The third-order valence-corrected chi connectivity index (χ3v) is 3.99. The fraction of sp³-hybridized carbons (Fsp3) is 0.857. The summed E-state index contributed by atoms with van der Waals surface area (Å²) in [4.78, 5) is 25.3. The van der Waals surface area contributed by atoms with Gasteiger partial charge in [-0.15, -0.1) is 0 Å². The molecule has 0 aromatic rings. The summed E-state index contributed by atoms with van der Waals surface area (Å²) >= 11 is 0. The molecule has 0 aromatic heterocycles. The Balaban J connectivity index is 2.70. The Bertz CT molecular complexity index is 320. The first-order chi connectivity index (χ1) is 8.95. The van der Waals surface area contributed by atoms with Gasteiger partial charge in [0.2, 0.25) is 11.8 Å². The van der Waals surface area contributed by atoms with Crippen LogP contribution in [0.2, 0.25) is 0 Å². The van der Waals surface area contributed by atoms with E-state index in [9.17, 15) is 9.59 Å². The van der Waals surface area contributed by atoms with Crippen LogP contribution in [0.25, 0.3) is 0 Å². The second-order valence-electron chi connectivity index (χ2n) is 5.74. The van der Waals surface area contributed by atoms with Crippen molar-refractivity contribution < 1.29 is 9.59 Å². The van der Waals surface area contributed by atoms with Gasteiger partial charge in [-0.05, 0) is 31.6 Å². The molecule has 19 heavy (non-hydrogen) atoms. The van der Waals surface area contributed by atoms with E-state index in [-0.39, 0.29) is 24.4 Å². The zero-order valence-electron chi connectivity index (χ0n) is 12.1. The van der Waals surface area contributed by atoms with E-state index in [0.717, 1.165) is 32.1 Å². The summed E-state index contributed by atoms with van der Waals surface area (Å²) < 4.78 is 0. The van der Waals surface area contributed by atoms with Crippen molar-refractivity contribution in [3.63, 3.8) is 0 Å². The lowest BCUT2D eigenvalue weighted by Crippen LogP contribution is -2.46. The van der Waals surface area contributed by atoms with Crippen LogP contribution >= 0.6 is 0 Å². The van der Waals surface area contributed by atoms with Gasteiger partial charge in [-0.1, -0.05) is 20.3 Å². The standard InChI is InChI=1S/C14H27N3O2/c1-3-4-7-17(9-13(16)18)14(19)12-8-11(15)6-5-10(12)2/h10-12H,3-9,15H2,1-2H3,(H2,16,18). The first-order valence-corrected chi connectivity index (χ1v) is 7.28. The van der Waals surface area contributed by atoms with Gasteiger partial charge in [0.1, 0.15) is 0 Å². The lowest BCUT2D eigenvalue weighted by Gasteiger charge is -2.35. The van der Waals surface area contributed by atoms with Crippen LogP contribution in [0.1, 0.15) is 46.0 Å². The molecule has 1 aliphatic rings. The molecular formula is C14H27N3O2. The molecule has 0 aromatic carbocycles. The summed E-state index contributed by atoms with van der Waals surface area (Å²) in [6, 6.07) is 0.103. The summed E-state index contributed by atoms with van der Waals surface area (Å²) in [6.45, 7) is 4.79. The Morgan fingerprint density at radius 1 is 1.32 bits per heavy atom. The predicted molar refractivity (Wildman–Crippen MR) is 75.2 cm³/mol. The minimum Gasteiger partial charge on any atom is -0.368 e. The number of rotatable bonds is 6. The fourth-order valence-corrected chi connectivity index (χ4v) is 2.74. The molecule has 5 nitrogen and oxygen atoms in total. The average molecular weight is 269 g/mol. The lowest BCUT2D eigenvalue weighted by atomic mass is 9.77. The number of hydrogen-bond acceptors (Lipinski definition) is 3. The van der Waals surface area contributed by atoms with Crippen LogP contribution in [0, 0.1) is 11.8 Å². The Labute approximate surface area is 115 Å². The SMILES string of the molecule is CCCCN(CC(N)=O)C(=O)C1CC(N)CCC1C. The molecule has 0 bridgehead atoms. The second kappa shape index (κ2) is 7.48. The highest BCUT2D eigenvalue weighted by Crippen LogP contribution is 2.30. The van der Waals surface area contributed by atoms with Gasteiger partial charge in [0.25, 0.3) is 0 Å². The summed E-state index contributed by atoms with van der Waals surface area (Å²) in [7, 11) is 0. The molecule has 3 unspecified atom stereocenters. The molecule has 0 heterocycles. The quantitative estimate of drug-likeness (QED) is 0.749. The monoisotopic (exact) mass is 269 g/mol. The number of nitrogens with zero attached hydrogens (tertiary/aromatic N) is 1. The van der Waals surface area contributed by atoms with E-state index in [1.165, 1.54) is 0 Å². The zero-order chi connectivity index (χ0) is 14.4. The van der Waals surface area contributed by atoms with Gasteiger partial charge < -0.3 is 16.4 Å². The summed E-state index contributed by atoms with van der Waals surface area (Å²) in [6.07, 6.45) is 4.57. The molecule has 0 spiro atoms. The van der Waals surface area contributed by atoms with Crippen molar-refractivity contribution in [2.45, 2.75) is 52.0 Å². The van der Waals surface area contributed by atoms with Gasteiger partial charge in [0.05, 0.1) is 6.54 Å². The van der Waals surface area contributed by atoms with Gasteiger partial charge in [0, 0.05) is 18.5 Å². The Hall–Kier alpha value is -1.10. The second-order valence-corrected chi connectivity index (χ2v) is 5.74. The molecule has 1 saturated carbocycles. The van der Waals surface area contributed by atoms with Crippen LogP contribution in [0.5, 0.6) is 0 Å². The first-order valence-electron chi connectivity index (χ1n) is 7.28. The fourth-order valence-electron chi connectivity index (χ4n) is 2.74. The number of carbonyl (C=O) groups excluding carboxylic acids is 2. The average Bonchev–Trinajstić information content (AvgIpc) is 2.36. The zero-order valence-corrected chi connectivity index (χ0v) is 12.1. The number of primary amides is 1. The predicted octanol–water partition coefficient (Wildman–Crippen LogP) is 0.864. The van der Waals surface area contributed by atoms with Crippen LogP contribution in [0.15, 0.2) is 0 Å². The van der Waals surface area contributed by atoms with Gasteiger partial charge in [-0.3, -0.25) is 9.59 Å². The molecule has 3 atom stereocenters. The van der Waals surface area contributed by atoms with Gasteiger partial charge >= 0.3 is 0 Å². The van der Waals surface area contributed by atoms with Gasteiger partial charge in [0.15, 0.2) is 0 Å². The Morgan fingerprint density at radius 3 is 2.58 bits per heavy atom. The van der Waals surface area contributed by atoms with Gasteiger partial charge in [-0.2, -0.15) is 0 Å². The molecule has 4 N–H and O–H groups in total. The van der Waals surface area contributed by atoms with Crippen molar-refractivity contribution in [1.82, 2.24) is 4.90 Å². The topological polar surface area (TPSA) is 89.4 Å². The van der Waals surface area contributed by atoms with E-state index in [4.69, 9.17) is 11.5 Å². The molecule has 1 aliphatic carbocycles. The molecule has 5 heteroatoms. The highest BCUT2D eigenvalue weighted by atomic mass is 16.2. The minimum atomic E-state index is -0.447. The van der Waals surface area contributed by atoms with E-state index in [1.807, 2.05) is 0 Å². The Morgan fingerprint density at radius 2 is 2.00 bits per heavy atom. The number of unbranched alkanes of at least 4 members (excludes halogenated alkanes) is 1. The van der Waals surface area contributed by atoms with Crippen molar-refractivity contribution in [2.75, 3.05) is 13.1 Å². The molecule has 1 fully saturated rings. The van der Waals surface area contributed by atoms with Gasteiger partial charge in [-0.25, -0.2) is 0 Å². The van der Waals surface area contributed by atoms with Crippen molar-refractivity contribution in [3.8, 4) is 0 Å². The van der Waals surface area contributed by atoms with E-state index < -0.39 is 5.91 Å². The third kappa shape index (κ3) is 4.82. The highest BCUT2D eigenvalue weighted by molar-refractivity contribution is 5.85. The minimum absolute atomic E-state index is 0.0251. The van der Waals surface area contributed by atoms with E-state index in [1.54, 1.807) is 4.90 Å². The Kier molecular flexibility index (Phi) is 6.28. The smallest absolute Gasteiger partial charge is 0.237 e. The summed E-state index contributed by atoms with van der Waals surface area (Å²) in [5.41, 5.74) is 11.2. The third-order valence-electron chi connectivity index (χ3n) is 3.99. The maximum atomic E-state index is 12.6. The number of nitrogens with two attached hydrogens (primary N) is 2. The molecular weight excluding hydrogens is 242 g/mol. The van der Waals surface area contributed by atoms with E-state index in [0.29, 0.717) is 12.5 Å². The number of amides is 2. The van der Waals surface area contributed by atoms with Crippen molar-refractivity contribution >= 4 is 11.8 Å². The van der Waals surface area contributed by atoms with Crippen LogP contribution < -0.4 is 11.5 Å². The summed E-state index contributed by atoms with van der Waals surface area (Å²) in [5, 5.41) is 0. The maximum absolute atomic E-state index is 12.6. The maximum Gasteiger partial charge on any atom is 0.237 e. The van der Waals surface area contributed by atoms with Crippen LogP contribution in [-0.2, 0) is 9.59 Å². The highest BCUT2D eigenvalue weighted by Gasteiger charge is 2.34. The molecule has 2 amide bonds. The number of hydrogen-bond donors (Lipinski definition) is 2. The van der Waals surface area contributed by atoms with Crippen molar-refractivity contribution in [2.24, 2.45) is 23.3 Å². The molecule has 0 aliphatic heterocycles. The van der Waals surface area contributed by atoms with Crippen molar-refractivity contribution in [3.05, 3.63) is 0 Å². The van der Waals surface area contributed by atoms with Crippen molar-refractivity contribution in [1.29, 1.82) is 0 Å². The van der Waals surface area contributed by atoms with Crippen LogP contribution in [-0.4, -0.2) is 35.8 Å². The number of carbonyl (C=O) groups is 2. The molecule has 110 valence electrons. The lowest BCUT2D eigenvalue weighted by molar-refractivity contribution is -0.141. The molecule has 1 rings (SSSR count). The summed E-state index contributed by atoms with van der Waals surface area (Å²) in [5.74, 6) is -0.114. The van der Waals surface area contributed by atoms with E-state index >= 15 is 0 Å². The van der Waals surface area contributed by atoms with Crippen LogP contribution in [0.3, 0.4) is 0 Å². The molecule has 0 radical (unpaired) electrons. The largest absolute Gasteiger partial charge is 0.368 e. The molecule has 0 saturated heterocycles. The van der Waals surface area contributed by atoms with E-state index in [2.05, 4.69) is 13.8 Å².